The molecule has 3 rings (SSSR count). The molecular formula is C21H25NO3. The third-order valence-electron chi connectivity index (χ3n) is 4.88. The molecule has 0 spiro atoms. The van der Waals surface area contributed by atoms with Gasteiger partial charge in [0.15, 0.2) is 5.60 Å². The predicted octanol–water partition coefficient (Wildman–Crippen LogP) is 4.02. The summed E-state index contributed by atoms with van der Waals surface area (Å²) in [5.41, 5.74) is 9.71. The van der Waals surface area contributed by atoms with Gasteiger partial charge in [-0.25, -0.2) is 0 Å². The Balaban J connectivity index is 1.81. The van der Waals surface area contributed by atoms with Crippen molar-refractivity contribution in [2.24, 2.45) is 5.73 Å². The summed E-state index contributed by atoms with van der Waals surface area (Å²) in [4.78, 5) is 0. The highest BCUT2D eigenvalue weighted by molar-refractivity contribution is 5.71. The Morgan fingerprint density at radius 2 is 1.76 bits per heavy atom. The van der Waals surface area contributed by atoms with Gasteiger partial charge in [-0.3, -0.25) is 0 Å². The first kappa shape index (κ1) is 17.4. The number of rotatable bonds is 4. The quantitative estimate of drug-likeness (QED) is 0.883. The molecule has 4 heteroatoms. The van der Waals surface area contributed by atoms with Gasteiger partial charge in [0, 0.05) is 17.7 Å². The van der Waals surface area contributed by atoms with Crippen LogP contribution in [0.4, 0.5) is 0 Å². The highest BCUT2D eigenvalue weighted by Crippen LogP contribution is 2.42. The molecule has 25 heavy (non-hydrogen) atoms. The molecule has 0 aromatic heterocycles. The van der Waals surface area contributed by atoms with Crippen LogP contribution in [0.15, 0.2) is 30.3 Å². The van der Waals surface area contributed by atoms with Crippen molar-refractivity contribution in [1.29, 1.82) is 0 Å². The smallest absolute Gasteiger partial charge is 0.158 e. The Kier molecular flexibility index (Phi) is 4.48. The molecule has 0 amide bonds. The van der Waals surface area contributed by atoms with Crippen LogP contribution in [-0.4, -0.2) is 17.3 Å². The summed E-state index contributed by atoms with van der Waals surface area (Å²) in [6.07, 6.45) is 4.01. The average molecular weight is 339 g/mol. The highest BCUT2D eigenvalue weighted by atomic mass is 16.5. The lowest BCUT2D eigenvalue weighted by atomic mass is 9.92. The summed E-state index contributed by atoms with van der Waals surface area (Å²) in [6.45, 7) is 8.70. The monoisotopic (exact) mass is 339 g/mol. The van der Waals surface area contributed by atoms with E-state index in [2.05, 4.69) is 0 Å². The lowest BCUT2D eigenvalue weighted by molar-refractivity contribution is 0.0746. The number of fused-ring (bicyclic) bond motifs is 1. The first-order valence-corrected chi connectivity index (χ1v) is 8.47. The second-order valence-electron chi connectivity index (χ2n) is 6.85. The summed E-state index contributed by atoms with van der Waals surface area (Å²) >= 11 is 0. The lowest BCUT2D eigenvalue weighted by Gasteiger charge is -2.33. The van der Waals surface area contributed by atoms with Crippen LogP contribution >= 0.6 is 0 Å². The maximum atomic E-state index is 10.2. The standard InChI is InChI=1S/C21H25NO3/c1-13-14(2)20-18(15(3)19(13)23)9-10-21(4,25-20)12-24-17-7-5-16(11-22)6-8-17/h5-10,23H,11-12,22H2,1-4H3. The van der Waals surface area contributed by atoms with E-state index in [4.69, 9.17) is 15.2 Å². The summed E-state index contributed by atoms with van der Waals surface area (Å²) in [5.74, 6) is 1.94. The van der Waals surface area contributed by atoms with E-state index in [0.29, 0.717) is 18.9 Å². The SMILES string of the molecule is Cc1c(C)c2c(c(C)c1O)C=CC(C)(COc1ccc(CN)cc1)O2. The Bertz CT molecular complexity index is 824. The van der Waals surface area contributed by atoms with Gasteiger partial charge < -0.3 is 20.3 Å². The van der Waals surface area contributed by atoms with Crippen molar-refractivity contribution < 1.29 is 14.6 Å². The molecule has 2 aromatic rings. The molecule has 1 atom stereocenters. The molecule has 1 aliphatic rings. The molecule has 1 unspecified atom stereocenters. The molecule has 0 radical (unpaired) electrons. The number of phenolic OH excluding ortho intramolecular Hbond substituents is 1. The third kappa shape index (κ3) is 3.22. The minimum absolute atomic E-state index is 0.337. The second-order valence-corrected chi connectivity index (χ2v) is 6.85. The molecule has 0 aliphatic carbocycles. The van der Waals surface area contributed by atoms with Gasteiger partial charge >= 0.3 is 0 Å². The van der Waals surface area contributed by atoms with Crippen molar-refractivity contribution in [3.05, 3.63) is 58.2 Å². The van der Waals surface area contributed by atoms with Crippen molar-refractivity contribution in [1.82, 2.24) is 0 Å². The van der Waals surface area contributed by atoms with Crippen molar-refractivity contribution in [2.45, 2.75) is 39.8 Å². The van der Waals surface area contributed by atoms with E-state index in [0.717, 1.165) is 39.3 Å². The van der Waals surface area contributed by atoms with E-state index in [9.17, 15) is 5.11 Å². The Morgan fingerprint density at radius 3 is 2.40 bits per heavy atom. The van der Waals surface area contributed by atoms with Crippen molar-refractivity contribution in [3.63, 3.8) is 0 Å². The van der Waals surface area contributed by atoms with Crippen LogP contribution in [0.1, 0.15) is 34.7 Å². The van der Waals surface area contributed by atoms with E-state index in [1.807, 2.05) is 64.1 Å². The summed E-state index contributed by atoms with van der Waals surface area (Å²) in [6, 6.07) is 7.77. The number of nitrogens with two attached hydrogens (primary N) is 1. The molecule has 1 heterocycles. The molecule has 0 fully saturated rings. The van der Waals surface area contributed by atoms with Crippen LogP contribution < -0.4 is 15.2 Å². The minimum Gasteiger partial charge on any atom is -0.507 e. The van der Waals surface area contributed by atoms with Gasteiger partial charge in [0.2, 0.25) is 0 Å². The number of hydrogen-bond donors (Lipinski definition) is 2. The molecule has 0 bridgehead atoms. The van der Waals surface area contributed by atoms with Gasteiger partial charge in [0.05, 0.1) is 0 Å². The molecule has 2 aromatic carbocycles. The van der Waals surface area contributed by atoms with Crippen LogP contribution in [0.5, 0.6) is 17.2 Å². The topological polar surface area (TPSA) is 64.7 Å². The summed E-state index contributed by atoms with van der Waals surface area (Å²) in [7, 11) is 0. The third-order valence-corrected chi connectivity index (χ3v) is 4.88. The van der Waals surface area contributed by atoms with E-state index < -0.39 is 5.60 Å². The zero-order chi connectivity index (χ0) is 18.2. The Morgan fingerprint density at radius 1 is 1.08 bits per heavy atom. The molecule has 0 saturated carbocycles. The minimum atomic E-state index is -0.569. The van der Waals surface area contributed by atoms with Gasteiger partial charge in [-0.1, -0.05) is 18.2 Å². The number of phenols is 1. The fourth-order valence-electron chi connectivity index (χ4n) is 3.01. The van der Waals surface area contributed by atoms with Gasteiger partial charge in [-0.05, 0) is 62.6 Å². The largest absolute Gasteiger partial charge is 0.507 e. The lowest BCUT2D eigenvalue weighted by Crippen LogP contribution is -2.39. The number of aromatic hydroxyl groups is 1. The molecular weight excluding hydrogens is 314 g/mol. The molecule has 1 aliphatic heterocycles. The average Bonchev–Trinajstić information content (AvgIpc) is 2.63. The zero-order valence-corrected chi connectivity index (χ0v) is 15.2. The summed E-state index contributed by atoms with van der Waals surface area (Å²) in [5, 5.41) is 10.2. The van der Waals surface area contributed by atoms with Gasteiger partial charge in [-0.15, -0.1) is 0 Å². The number of benzene rings is 2. The highest BCUT2D eigenvalue weighted by Gasteiger charge is 2.31. The van der Waals surface area contributed by atoms with E-state index in [1.165, 1.54) is 0 Å². The van der Waals surface area contributed by atoms with Gasteiger partial charge in [0.25, 0.3) is 0 Å². The van der Waals surface area contributed by atoms with Crippen LogP contribution in [0.25, 0.3) is 6.08 Å². The van der Waals surface area contributed by atoms with Crippen LogP contribution in [0.3, 0.4) is 0 Å². The first-order chi connectivity index (χ1) is 11.8. The van der Waals surface area contributed by atoms with Crippen molar-refractivity contribution in [3.8, 4) is 17.2 Å². The Hall–Kier alpha value is -2.46. The van der Waals surface area contributed by atoms with E-state index in [-0.39, 0.29) is 0 Å². The van der Waals surface area contributed by atoms with Crippen molar-refractivity contribution >= 4 is 6.08 Å². The van der Waals surface area contributed by atoms with Crippen LogP contribution in [-0.2, 0) is 6.54 Å². The molecule has 3 N–H and O–H groups in total. The van der Waals surface area contributed by atoms with Crippen molar-refractivity contribution in [2.75, 3.05) is 6.61 Å². The zero-order valence-electron chi connectivity index (χ0n) is 15.2. The van der Waals surface area contributed by atoms with Gasteiger partial charge in [-0.2, -0.15) is 0 Å². The normalized spacial score (nSPS) is 18.6. The maximum absolute atomic E-state index is 10.2. The number of ether oxygens (including phenoxy) is 2. The number of hydrogen-bond acceptors (Lipinski definition) is 4. The molecule has 4 nitrogen and oxygen atoms in total. The second kappa shape index (κ2) is 6.45. The summed E-state index contributed by atoms with van der Waals surface area (Å²) < 4.78 is 12.2. The Labute approximate surface area is 148 Å². The molecule has 132 valence electrons. The van der Waals surface area contributed by atoms with Gasteiger partial charge in [0.1, 0.15) is 23.9 Å². The first-order valence-electron chi connectivity index (χ1n) is 8.47. The maximum Gasteiger partial charge on any atom is 0.158 e. The van der Waals surface area contributed by atoms with Crippen LogP contribution in [0.2, 0.25) is 0 Å². The molecule has 0 saturated heterocycles. The van der Waals surface area contributed by atoms with E-state index in [1.54, 1.807) is 0 Å². The fourth-order valence-corrected chi connectivity index (χ4v) is 3.01. The van der Waals surface area contributed by atoms with Crippen LogP contribution in [0, 0.1) is 20.8 Å². The van der Waals surface area contributed by atoms with E-state index >= 15 is 0 Å². The fraction of sp³-hybridized carbons (Fsp3) is 0.333. The predicted molar refractivity (Wildman–Crippen MR) is 100 cm³/mol.